The van der Waals surface area contributed by atoms with Gasteiger partial charge in [0.05, 0.1) is 63.5 Å². The molecule has 1 aromatic heterocycles. The van der Waals surface area contributed by atoms with Gasteiger partial charge in [0.25, 0.3) is 11.8 Å². The van der Waals surface area contributed by atoms with Crippen molar-refractivity contribution in [3.05, 3.63) is 119 Å². The summed E-state index contributed by atoms with van der Waals surface area (Å²) in [6.07, 6.45) is -3.29. The van der Waals surface area contributed by atoms with Crippen molar-refractivity contribution in [2.45, 2.75) is 30.4 Å². The molecule has 1 saturated carbocycles. The first-order chi connectivity index (χ1) is 30.7. The van der Waals surface area contributed by atoms with Crippen LogP contribution in [0.5, 0.6) is 17.2 Å². The molecule has 0 spiro atoms. The number of anilines is 3. The number of methoxy groups -OCH3 is 2. The largest absolute Gasteiger partial charge is 0.507 e. The van der Waals surface area contributed by atoms with Crippen LogP contribution >= 0.6 is 23.2 Å². The number of hydrazine groups is 1. The number of halogens is 5. The van der Waals surface area contributed by atoms with Crippen molar-refractivity contribution in [3.63, 3.8) is 0 Å². The van der Waals surface area contributed by atoms with Gasteiger partial charge >= 0.3 is 17.6 Å². The van der Waals surface area contributed by atoms with Crippen molar-refractivity contribution in [3.8, 4) is 17.2 Å². The van der Waals surface area contributed by atoms with Gasteiger partial charge in [0.2, 0.25) is 11.8 Å². The Kier molecular flexibility index (Phi) is 10.9. The van der Waals surface area contributed by atoms with Crippen molar-refractivity contribution in [2.75, 3.05) is 43.5 Å². The molecule has 65 heavy (non-hydrogen) atoms. The van der Waals surface area contributed by atoms with E-state index in [9.17, 15) is 48.1 Å². The molecule has 3 aromatic carbocycles. The fourth-order valence-electron chi connectivity index (χ4n) is 9.97. The second kappa shape index (κ2) is 15.9. The number of hydrogen-bond donors (Lipinski definition) is 2. The molecule has 4 aromatic rings. The monoisotopic (exact) mass is 939 g/mol. The fourth-order valence-corrected chi connectivity index (χ4v) is 10.3. The average molecular weight is 941 g/mol. The lowest BCUT2D eigenvalue weighted by atomic mass is 9.49. The van der Waals surface area contributed by atoms with Crippen molar-refractivity contribution in [2.24, 2.45) is 23.7 Å². The average Bonchev–Trinajstić information content (AvgIpc) is 3.63. The number of benzene rings is 3. The van der Waals surface area contributed by atoms with Crippen LogP contribution in [0.25, 0.3) is 0 Å². The molecule has 6 unspecified atom stereocenters. The molecule has 2 aliphatic carbocycles. The van der Waals surface area contributed by atoms with Crippen molar-refractivity contribution < 1.29 is 56.8 Å². The number of carbonyl (C=O) groups excluding carboxylic acids is 4. The van der Waals surface area contributed by atoms with Crippen LogP contribution in [-0.2, 0) is 30.8 Å². The molecule has 6 atom stereocenters. The van der Waals surface area contributed by atoms with Crippen LogP contribution in [-0.4, -0.2) is 76.9 Å². The van der Waals surface area contributed by atoms with Gasteiger partial charge in [0, 0.05) is 61.1 Å². The normalized spacial score (nSPS) is 23.7. The second-order valence-corrected chi connectivity index (χ2v) is 16.8. The molecular formula is C42H34Cl2F3N7O11. The molecule has 4 amide bonds. The Morgan fingerprint density at radius 1 is 0.923 bits per heavy atom. The topological polar surface area (TPSA) is 228 Å². The van der Waals surface area contributed by atoms with Gasteiger partial charge in [-0.3, -0.25) is 44.8 Å². The number of phenols is 1. The number of nitrogens with zero attached hydrogens (tertiary/aromatic N) is 6. The van der Waals surface area contributed by atoms with Gasteiger partial charge in [-0.05, 0) is 42.5 Å². The smallest absolute Gasteiger partial charge is 0.417 e. The molecule has 3 heterocycles. The molecule has 2 aliphatic heterocycles. The summed E-state index contributed by atoms with van der Waals surface area (Å²) in [5, 5.41) is 36.7. The highest BCUT2D eigenvalue weighted by atomic mass is 35.5. The molecular weight excluding hydrogens is 906 g/mol. The van der Waals surface area contributed by atoms with Crippen LogP contribution < -0.4 is 24.7 Å². The summed E-state index contributed by atoms with van der Waals surface area (Å²) in [6, 6.07) is 10.9. The van der Waals surface area contributed by atoms with Gasteiger partial charge in [0.15, 0.2) is 11.5 Å². The summed E-state index contributed by atoms with van der Waals surface area (Å²) < 4.78 is 52.0. The Morgan fingerprint density at radius 3 is 2.12 bits per heavy atom. The van der Waals surface area contributed by atoms with E-state index in [0.29, 0.717) is 27.7 Å². The summed E-state index contributed by atoms with van der Waals surface area (Å²) >= 11 is 12.6. The number of nitro groups is 2. The van der Waals surface area contributed by atoms with Crippen molar-refractivity contribution >= 4 is 75.4 Å². The van der Waals surface area contributed by atoms with E-state index >= 15 is 9.59 Å². The van der Waals surface area contributed by atoms with E-state index in [0.717, 1.165) is 17.0 Å². The fraction of sp³-hybridized carbons (Fsp3) is 0.310. The van der Waals surface area contributed by atoms with E-state index < -0.39 is 114 Å². The van der Waals surface area contributed by atoms with E-state index in [2.05, 4.69) is 10.4 Å². The Balaban J connectivity index is 1.34. The van der Waals surface area contributed by atoms with E-state index in [1.807, 2.05) is 0 Å². The van der Waals surface area contributed by atoms with E-state index in [1.165, 1.54) is 64.7 Å². The molecule has 2 N–H and O–H groups in total. The lowest BCUT2D eigenvalue weighted by molar-refractivity contribution is -0.392. The van der Waals surface area contributed by atoms with Gasteiger partial charge in [-0.25, -0.2) is 9.88 Å². The number of carbonyl (C=O) groups is 4. The van der Waals surface area contributed by atoms with Crippen LogP contribution in [0.4, 0.5) is 41.7 Å². The first-order valence-corrected chi connectivity index (χ1v) is 20.2. The number of phenolic OH excluding ortho intramolecular Hbond substituents is 1. The molecule has 0 bridgehead atoms. The highest BCUT2D eigenvalue weighted by Crippen LogP contribution is 2.66. The number of imide groups is 2. The SMILES string of the molecule is COc1cc(O)c(C2C3=CCC4C(=O)N(c5cc([N+](=O)[O-])c(N(C)C)c([N+](=O)[O-])c5)C(=O)C4C3CC3C(=O)N(Nc4ncc(C(F)(F)F)cc4Cl)C(=O)C32c2ccc(Cl)cc2)c(OC)c1. The lowest BCUT2D eigenvalue weighted by Gasteiger charge is -2.50. The van der Waals surface area contributed by atoms with Gasteiger partial charge in [0.1, 0.15) is 17.2 Å². The van der Waals surface area contributed by atoms with E-state index in [1.54, 1.807) is 6.08 Å². The quantitative estimate of drug-likeness (QED) is 0.0694. The third kappa shape index (κ3) is 6.82. The van der Waals surface area contributed by atoms with Crippen LogP contribution in [0.3, 0.4) is 0 Å². The van der Waals surface area contributed by atoms with Crippen molar-refractivity contribution in [1.82, 2.24) is 9.99 Å². The molecule has 23 heteroatoms. The number of ether oxygens (including phenoxy) is 2. The maximum atomic E-state index is 15.6. The summed E-state index contributed by atoms with van der Waals surface area (Å²) in [6.45, 7) is 0. The number of fused-ring (bicyclic) bond motifs is 4. The number of alkyl halides is 3. The highest BCUT2D eigenvalue weighted by Gasteiger charge is 2.71. The first-order valence-electron chi connectivity index (χ1n) is 19.5. The maximum Gasteiger partial charge on any atom is 0.417 e. The zero-order chi connectivity index (χ0) is 47.2. The summed E-state index contributed by atoms with van der Waals surface area (Å²) in [5.41, 5.74) is -2.68. The van der Waals surface area contributed by atoms with E-state index in [4.69, 9.17) is 32.7 Å². The standard InChI is InChI=1S/C42H34Cl2F3N7O11/c1-50(2)35-28(53(60)61)12-21(13-29(35)54(62)63)51-37(56)24-10-9-23-25(32(24)39(51)58)16-26-38(57)52(49-36-27(44)11-19(17-48-36)42(45,46)47)40(59)41(26,18-5-7-20(43)8-6-18)34(23)33-30(55)14-22(64-3)15-31(33)65-4/h5-9,11-15,17,24-26,32,34,55H,10,16H2,1-4H3,(H,48,49). The first kappa shape index (κ1) is 44.6. The summed E-state index contributed by atoms with van der Waals surface area (Å²) in [7, 11) is 5.31. The Labute approximate surface area is 375 Å². The minimum atomic E-state index is -4.84. The predicted molar refractivity (Wildman–Crippen MR) is 225 cm³/mol. The Morgan fingerprint density at radius 2 is 1.57 bits per heavy atom. The number of allylic oxidation sites excluding steroid dienone is 2. The van der Waals surface area contributed by atoms with Crippen LogP contribution in [0.2, 0.25) is 10.0 Å². The molecule has 18 nitrogen and oxygen atoms in total. The predicted octanol–water partition coefficient (Wildman–Crippen LogP) is 7.20. The van der Waals surface area contributed by atoms with Gasteiger partial charge in [-0.1, -0.05) is 47.0 Å². The zero-order valence-corrected chi connectivity index (χ0v) is 35.8. The molecule has 8 rings (SSSR count). The van der Waals surface area contributed by atoms with Crippen LogP contribution in [0, 0.1) is 43.9 Å². The molecule has 4 aliphatic rings. The molecule has 3 fully saturated rings. The number of rotatable bonds is 10. The highest BCUT2D eigenvalue weighted by molar-refractivity contribution is 6.33. The van der Waals surface area contributed by atoms with Crippen LogP contribution in [0.1, 0.15) is 35.4 Å². The summed E-state index contributed by atoms with van der Waals surface area (Å²) in [5.74, 6) is -11.1. The molecule has 338 valence electrons. The minimum Gasteiger partial charge on any atom is -0.507 e. The minimum absolute atomic E-state index is 0.0298. The summed E-state index contributed by atoms with van der Waals surface area (Å²) in [4.78, 5) is 88.4. The number of nitrogens with one attached hydrogen (secondary N) is 1. The molecule has 2 saturated heterocycles. The number of nitro benzene ring substituents is 2. The van der Waals surface area contributed by atoms with E-state index in [-0.39, 0.29) is 46.2 Å². The Hall–Kier alpha value is -7.00. The Bertz CT molecular complexity index is 2760. The molecule has 0 radical (unpaired) electrons. The van der Waals surface area contributed by atoms with Crippen LogP contribution in [0.15, 0.2) is 72.4 Å². The maximum absolute atomic E-state index is 15.6. The lowest BCUT2D eigenvalue weighted by Crippen LogP contribution is -2.53. The second-order valence-electron chi connectivity index (χ2n) is 15.9. The number of hydrogen-bond acceptors (Lipinski definition) is 14. The van der Waals surface area contributed by atoms with Gasteiger partial charge in [-0.2, -0.15) is 18.2 Å². The van der Waals surface area contributed by atoms with Crippen molar-refractivity contribution in [1.29, 1.82) is 0 Å². The van der Waals surface area contributed by atoms with Gasteiger partial charge < -0.3 is 19.5 Å². The third-order valence-electron chi connectivity index (χ3n) is 12.5. The zero-order valence-electron chi connectivity index (χ0n) is 34.3. The number of aromatic hydroxyl groups is 1. The number of aromatic nitrogens is 1. The number of pyridine rings is 1. The third-order valence-corrected chi connectivity index (χ3v) is 13.1. The number of amides is 4. The van der Waals surface area contributed by atoms with Gasteiger partial charge in [-0.15, -0.1) is 0 Å².